The van der Waals surface area contributed by atoms with Gasteiger partial charge in [0, 0.05) is 11.3 Å². The lowest BCUT2D eigenvalue weighted by Crippen LogP contribution is -2.22. The number of rotatable bonds is 7. The summed E-state index contributed by atoms with van der Waals surface area (Å²) in [4.78, 5) is 28.5. The number of oxime groups is 1. The summed E-state index contributed by atoms with van der Waals surface area (Å²) < 4.78 is 15.4. The van der Waals surface area contributed by atoms with E-state index in [9.17, 15) is 9.59 Å². The van der Waals surface area contributed by atoms with Gasteiger partial charge in [0.1, 0.15) is 0 Å². The second kappa shape index (κ2) is 8.90. The van der Waals surface area contributed by atoms with Crippen molar-refractivity contribution in [3.05, 3.63) is 53.6 Å². The van der Waals surface area contributed by atoms with Crippen LogP contribution in [-0.4, -0.2) is 37.6 Å². The zero-order chi connectivity index (χ0) is 19.9. The van der Waals surface area contributed by atoms with E-state index in [1.54, 1.807) is 31.2 Å². The Kier molecular flexibility index (Phi) is 6.11. The van der Waals surface area contributed by atoms with Crippen LogP contribution < -0.4 is 14.8 Å². The highest BCUT2D eigenvalue weighted by Gasteiger charge is 2.14. The van der Waals surface area contributed by atoms with Crippen LogP contribution in [0.3, 0.4) is 0 Å². The molecule has 8 heteroatoms. The average molecular weight is 384 g/mol. The van der Waals surface area contributed by atoms with E-state index in [4.69, 9.17) is 19.0 Å². The Balaban J connectivity index is 1.40. The van der Waals surface area contributed by atoms with Gasteiger partial charge in [-0.1, -0.05) is 22.9 Å². The molecule has 1 aliphatic heterocycles. The fourth-order valence-corrected chi connectivity index (χ4v) is 2.38. The van der Waals surface area contributed by atoms with E-state index >= 15 is 0 Å². The standard InChI is InChI=1S/C20H20N2O6/c1-13-3-6-16(7-4-13)21-19(23)10-25-20(24)11-28-22-14(2)15-5-8-17-18(9-15)27-12-26-17/h3-9H,10-12H2,1-2H3,(H,21,23)/b22-14-. The average Bonchev–Trinajstić information content (AvgIpc) is 3.16. The highest BCUT2D eigenvalue weighted by molar-refractivity contribution is 5.99. The largest absolute Gasteiger partial charge is 0.454 e. The summed E-state index contributed by atoms with van der Waals surface area (Å²) >= 11 is 0. The van der Waals surface area contributed by atoms with Crippen LogP contribution >= 0.6 is 0 Å². The number of nitrogens with one attached hydrogen (secondary N) is 1. The zero-order valence-electron chi connectivity index (χ0n) is 15.6. The Labute approximate surface area is 162 Å². The first-order valence-electron chi connectivity index (χ1n) is 8.60. The molecule has 8 nitrogen and oxygen atoms in total. The third-order valence-corrected chi connectivity index (χ3v) is 3.87. The summed E-state index contributed by atoms with van der Waals surface area (Å²) in [6.45, 7) is 3.07. The number of benzene rings is 2. The number of aryl methyl sites for hydroxylation is 1. The molecule has 0 aromatic heterocycles. The second-order valence-corrected chi connectivity index (χ2v) is 6.09. The molecule has 0 aliphatic carbocycles. The molecule has 0 atom stereocenters. The molecule has 1 heterocycles. The van der Waals surface area contributed by atoms with Crippen LogP contribution in [0.5, 0.6) is 11.5 Å². The molecule has 0 fully saturated rings. The van der Waals surface area contributed by atoms with E-state index in [1.165, 1.54) is 0 Å². The monoisotopic (exact) mass is 384 g/mol. The number of fused-ring (bicyclic) bond motifs is 1. The highest BCUT2D eigenvalue weighted by atomic mass is 16.7. The van der Waals surface area contributed by atoms with Gasteiger partial charge in [-0.05, 0) is 44.2 Å². The Bertz CT molecular complexity index is 892. The van der Waals surface area contributed by atoms with E-state index in [1.807, 2.05) is 25.1 Å². The van der Waals surface area contributed by atoms with Crippen molar-refractivity contribution in [3.63, 3.8) is 0 Å². The number of ether oxygens (including phenoxy) is 3. The van der Waals surface area contributed by atoms with Crippen LogP contribution in [0.15, 0.2) is 47.6 Å². The fraction of sp³-hybridized carbons (Fsp3) is 0.250. The maximum atomic E-state index is 11.8. The van der Waals surface area contributed by atoms with Crippen molar-refractivity contribution in [1.82, 2.24) is 0 Å². The van der Waals surface area contributed by atoms with Gasteiger partial charge < -0.3 is 24.4 Å². The minimum atomic E-state index is -0.693. The molecule has 2 aromatic rings. The topological polar surface area (TPSA) is 95.5 Å². The molecular weight excluding hydrogens is 364 g/mol. The first-order chi connectivity index (χ1) is 13.5. The lowest BCUT2D eigenvalue weighted by Gasteiger charge is -2.07. The van der Waals surface area contributed by atoms with Crippen molar-refractivity contribution in [1.29, 1.82) is 0 Å². The summed E-state index contributed by atoms with van der Waals surface area (Å²) in [5.41, 5.74) is 3.04. The van der Waals surface area contributed by atoms with Gasteiger partial charge >= 0.3 is 5.97 Å². The molecule has 1 aliphatic rings. The van der Waals surface area contributed by atoms with Gasteiger partial charge in [-0.15, -0.1) is 0 Å². The van der Waals surface area contributed by atoms with Crippen molar-refractivity contribution in [2.24, 2.45) is 5.16 Å². The van der Waals surface area contributed by atoms with E-state index in [0.717, 1.165) is 11.1 Å². The van der Waals surface area contributed by atoms with Crippen molar-refractivity contribution >= 4 is 23.3 Å². The Morgan fingerprint density at radius 3 is 2.61 bits per heavy atom. The lowest BCUT2D eigenvalue weighted by atomic mass is 10.1. The van der Waals surface area contributed by atoms with Gasteiger partial charge in [-0.2, -0.15) is 0 Å². The quantitative estimate of drug-likeness (QED) is 0.448. The predicted molar refractivity (Wildman–Crippen MR) is 101 cm³/mol. The molecule has 0 saturated carbocycles. The first-order valence-corrected chi connectivity index (χ1v) is 8.60. The molecule has 1 N–H and O–H groups in total. The molecule has 0 saturated heterocycles. The Hall–Kier alpha value is -3.55. The maximum absolute atomic E-state index is 11.8. The fourth-order valence-electron chi connectivity index (χ4n) is 2.38. The number of carbonyl (C=O) groups is 2. The SMILES string of the molecule is C/C(=N/OCC(=O)OCC(=O)Nc1ccc(C)cc1)c1ccc2c(c1)OCO2. The molecule has 2 aromatic carbocycles. The summed E-state index contributed by atoms with van der Waals surface area (Å²) in [5, 5.41) is 6.52. The summed E-state index contributed by atoms with van der Waals surface area (Å²) in [5.74, 6) is 0.176. The number of nitrogens with zero attached hydrogens (tertiary/aromatic N) is 1. The van der Waals surface area contributed by atoms with Crippen molar-refractivity contribution < 1.29 is 28.6 Å². The Morgan fingerprint density at radius 2 is 1.82 bits per heavy atom. The number of amides is 1. The van der Waals surface area contributed by atoms with Crippen LogP contribution in [0.2, 0.25) is 0 Å². The number of hydrogen-bond donors (Lipinski definition) is 1. The summed E-state index contributed by atoms with van der Waals surface area (Å²) in [7, 11) is 0. The first kappa shape index (κ1) is 19.2. The van der Waals surface area contributed by atoms with Crippen LogP contribution in [0.4, 0.5) is 5.69 Å². The van der Waals surface area contributed by atoms with Gasteiger partial charge in [-0.3, -0.25) is 4.79 Å². The summed E-state index contributed by atoms with van der Waals surface area (Å²) in [6, 6.07) is 12.6. The highest BCUT2D eigenvalue weighted by Crippen LogP contribution is 2.32. The summed E-state index contributed by atoms with van der Waals surface area (Å²) in [6.07, 6.45) is 0. The van der Waals surface area contributed by atoms with Gasteiger partial charge in [0.2, 0.25) is 13.4 Å². The van der Waals surface area contributed by atoms with Gasteiger partial charge in [0.05, 0.1) is 5.71 Å². The lowest BCUT2D eigenvalue weighted by molar-refractivity contribution is -0.151. The van der Waals surface area contributed by atoms with Crippen molar-refractivity contribution in [2.45, 2.75) is 13.8 Å². The van der Waals surface area contributed by atoms with E-state index in [2.05, 4.69) is 10.5 Å². The van der Waals surface area contributed by atoms with Gasteiger partial charge in [0.25, 0.3) is 5.91 Å². The molecule has 0 radical (unpaired) electrons. The smallest absolute Gasteiger partial charge is 0.347 e. The van der Waals surface area contributed by atoms with Crippen LogP contribution in [-0.2, 0) is 19.2 Å². The minimum absolute atomic E-state index is 0.189. The van der Waals surface area contributed by atoms with Crippen molar-refractivity contribution in [2.75, 3.05) is 25.3 Å². The van der Waals surface area contributed by atoms with Crippen LogP contribution in [0, 0.1) is 6.92 Å². The van der Waals surface area contributed by atoms with E-state index in [-0.39, 0.29) is 6.79 Å². The molecule has 3 rings (SSSR count). The predicted octanol–water partition coefficient (Wildman–Crippen LogP) is 2.65. The second-order valence-electron chi connectivity index (χ2n) is 6.09. The molecule has 146 valence electrons. The van der Waals surface area contributed by atoms with E-state index < -0.39 is 25.1 Å². The third-order valence-electron chi connectivity index (χ3n) is 3.87. The number of anilines is 1. The third kappa shape index (κ3) is 5.23. The molecule has 28 heavy (non-hydrogen) atoms. The molecule has 1 amide bonds. The van der Waals surface area contributed by atoms with E-state index in [0.29, 0.717) is 22.9 Å². The number of hydrogen-bond acceptors (Lipinski definition) is 7. The molecular formula is C20H20N2O6. The minimum Gasteiger partial charge on any atom is -0.454 e. The number of esters is 1. The zero-order valence-corrected chi connectivity index (χ0v) is 15.6. The Morgan fingerprint density at radius 1 is 1.07 bits per heavy atom. The molecule has 0 bridgehead atoms. The van der Waals surface area contributed by atoms with Crippen molar-refractivity contribution in [3.8, 4) is 11.5 Å². The van der Waals surface area contributed by atoms with Crippen LogP contribution in [0.25, 0.3) is 0 Å². The molecule has 0 spiro atoms. The van der Waals surface area contributed by atoms with Gasteiger partial charge in [-0.25, -0.2) is 4.79 Å². The molecule has 0 unspecified atom stereocenters. The number of carbonyl (C=O) groups excluding carboxylic acids is 2. The van der Waals surface area contributed by atoms with Crippen LogP contribution in [0.1, 0.15) is 18.1 Å². The van der Waals surface area contributed by atoms with Gasteiger partial charge in [0.15, 0.2) is 18.1 Å². The maximum Gasteiger partial charge on any atom is 0.347 e. The normalized spacial score (nSPS) is 12.4.